The van der Waals surface area contributed by atoms with E-state index >= 15 is 0 Å². The topological polar surface area (TPSA) is 20.2 Å². The molecular weight excluding hydrogens is 244 g/mol. The van der Waals surface area contributed by atoms with Crippen LogP contribution in [0.3, 0.4) is 0 Å². The van der Waals surface area contributed by atoms with Crippen molar-refractivity contribution in [1.82, 2.24) is 0 Å². The van der Waals surface area contributed by atoms with Gasteiger partial charge in [0, 0.05) is 11.6 Å². The summed E-state index contributed by atoms with van der Waals surface area (Å²) in [4.78, 5) is 0. The number of aliphatic hydroxyl groups excluding tert-OH is 1. The summed E-state index contributed by atoms with van der Waals surface area (Å²) >= 11 is 5.86. The molecule has 0 aromatic heterocycles. The van der Waals surface area contributed by atoms with Gasteiger partial charge in [0.25, 0.3) is 0 Å². The van der Waals surface area contributed by atoms with E-state index in [1.807, 2.05) is 42.5 Å². The number of halogens is 1. The van der Waals surface area contributed by atoms with E-state index in [9.17, 15) is 5.11 Å². The Bertz CT molecular complexity index is 464. The number of aliphatic hydroxyl groups is 1. The molecule has 1 nitrogen and oxygen atoms in total. The number of hydrogen-bond donors (Lipinski definition) is 1. The molecule has 0 radical (unpaired) electrons. The highest BCUT2D eigenvalue weighted by molar-refractivity contribution is 6.30. The Hall–Kier alpha value is -1.31. The smallest absolute Gasteiger partial charge is 0.0465 e. The molecular formula is C16H17ClO. The molecule has 0 aliphatic heterocycles. The Morgan fingerprint density at radius 2 is 1.39 bits per heavy atom. The monoisotopic (exact) mass is 260 g/mol. The summed E-state index contributed by atoms with van der Waals surface area (Å²) in [7, 11) is 0. The van der Waals surface area contributed by atoms with Crippen molar-refractivity contribution in [1.29, 1.82) is 0 Å². The largest absolute Gasteiger partial charge is 0.396 e. The van der Waals surface area contributed by atoms with E-state index in [4.69, 9.17) is 11.6 Å². The van der Waals surface area contributed by atoms with Gasteiger partial charge in [0.05, 0.1) is 0 Å². The van der Waals surface area contributed by atoms with Crippen molar-refractivity contribution < 1.29 is 5.11 Å². The summed E-state index contributed by atoms with van der Waals surface area (Å²) in [6.07, 6.45) is 1.78. The second-order valence-corrected chi connectivity index (χ2v) is 5.01. The predicted molar refractivity (Wildman–Crippen MR) is 75.9 cm³/mol. The lowest BCUT2D eigenvalue weighted by Gasteiger charge is -2.14. The molecule has 0 saturated heterocycles. The molecule has 0 aliphatic rings. The quantitative estimate of drug-likeness (QED) is 0.869. The number of hydrogen-bond acceptors (Lipinski definition) is 1. The molecule has 2 aromatic carbocycles. The van der Waals surface area contributed by atoms with Gasteiger partial charge in [-0.2, -0.15) is 0 Å². The van der Waals surface area contributed by atoms with Crippen molar-refractivity contribution in [3.63, 3.8) is 0 Å². The molecule has 0 fully saturated rings. The molecule has 0 heterocycles. The van der Waals surface area contributed by atoms with Crippen LogP contribution in [0.4, 0.5) is 0 Å². The van der Waals surface area contributed by atoms with Gasteiger partial charge in [-0.25, -0.2) is 0 Å². The van der Waals surface area contributed by atoms with E-state index in [0.717, 1.165) is 17.9 Å². The first-order chi connectivity index (χ1) is 8.78. The molecule has 94 valence electrons. The third kappa shape index (κ3) is 3.86. The van der Waals surface area contributed by atoms with Crippen LogP contribution in [0.2, 0.25) is 5.02 Å². The first kappa shape index (κ1) is 13.1. The molecule has 0 aliphatic carbocycles. The second kappa shape index (κ2) is 6.58. The van der Waals surface area contributed by atoms with Crippen molar-refractivity contribution in [3.05, 3.63) is 70.7 Å². The molecule has 0 amide bonds. The standard InChI is InChI=1S/C16H17ClO/c17-16-8-6-14(7-9-16)11-15(12-18)10-13-4-2-1-3-5-13/h1-9,15,18H,10-12H2. The van der Waals surface area contributed by atoms with Gasteiger partial charge in [-0.15, -0.1) is 0 Å². The van der Waals surface area contributed by atoms with Crippen molar-refractivity contribution in [2.75, 3.05) is 6.61 Å². The van der Waals surface area contributed by atoms with Crippen LogP contribution in [0.1, 0.15) is 11.1 Å². The van der Waals surface area contributed by atoms with E-state index in [1.165, 1.54) is 11.1 Å². The Kier molecular flexibility index (Phi) is 4.80. The summed E-state index contributed by atoms with van der Waals surface area (Å²) in [5.74, 6) is 0.258. The zero-order valence-corrected chi connectivity index (χ0v) is 11.0. The molecule has 2 heteroatoms. The summed E-state index contributed by atoms with van der Waals surface area (Å²) in [6, 6.07) is 18.1. The highest BCUT2D eigenvalue weighted by Gasteiger charge is 2.09. The zero-order valence-electron chi connectivity index (χ0n) is 10.2. The average Bonchev–Trinajstić information content (AvgIpc) is 2.41. The second-order valence-electron chi connectivity index (χ2n) is 4.57. The van der Waals surface area contributed by atoms with Crippen LogP contribution in [0, 0.1) is 5.92 Å². The molecule has 18 heavy (non-hydrogen) atoms. The lowest BCUT2D eigenvalue weighted by Crippen LogP contribution is -2.12. The summed E-state index contributed by atoms with van der Waals surface area (Å²) in [5, 5.41) is 10.2. The maximum atomic E-state index is 9.48. The first-order valence-electron chi connectivity index (χ1n) is 6.17. The minimum absolute atomic E-state index is 0.206. The third-order valence-electron chi connectivity index (χ3n) is 3.06. The van der Waals surface area contributed by atoms with Gasteiger partial charge in [-0.1, -0.05) is 54.1 Å². The average molecular weight is 261 g/mol. The lowest BCUT2D eigenvalue weighted by molar-refractivity contribution is 0.225. The van der Waals surface area contributed by atoms with Crippen molar-refractivity contribution >= 4 is 11.6 Å². The van der Waals surface area contributed by atoms with Gasteiger partial charge < -0.3 is 5.11 Å². The van der Waals surface area contributed by atoms with Crippen LogP contribution in [0.15, 0.2) is 54.6 Å². The van der Waals surface area contributed by atoms with E-state index in [0.29, 0.717) is 0 Å². The van der Waals surface area contributed by atoms with Gasteiger partial charge in [-0.3, -0.25) is 0 Å². The fourth-order valence-electron chi connectivity index (χ4n) is 2.10. The first-order valence-corrected chi connectivity index (χ1v) is 6.55. The van der Waals surface area contributed by atoms with Crippen LogP contribution in [0.5, 0.6) is 0 Å². The normalized spacial score (nSPS) is 12.3. The minimum atomic E-state index is 0.206. The van der Waals surface area contributed by atoms with Crippen LogP contribution in [-0.4, -0.2) is 11.7 Å². The summed E-state index contributed by atoms with van der Waals surface area (Å²) in [6.45, 7) is 0.206. The van der Waals surface area contributed by atoms with Gasteiger partial charge in [-0.05, 0) is 42.0 Å². The van der Waals surface area contributed by atoms with Crippen molar-refractivity contribution in [2.24, 2.45) is 5.92 Å². The van der Waals surface area contributed by atoms with Gasteiger partial charge in [0.15, 0.2) is 0 Å². The van der Waals surface area contributed by atoms with Crippen molar-refractivity contribution in [3.8, 4) is 0 Å². The molecule has 2 aromatic rings. The molecule has 0 spiro atoms. The zero-order chi connectivity index (χ0) is 12.8. The fraction of sp³-hybridized carbons (Fsp3) is 0.250. The molecule has 0 bridgehead atoms. The highest BCUT2D eigenvalue weighted by atomic mass is 35.5. The third-order valence-corrected chi connectivity index (χ3v) is 3.32. The maximum Gasteiger partial charge on any atom is 0.0465 e. The molecule has 1 N–H and O–H groups in total. The van der Waals surface area contributed by atoms with Gasteiger partial charge in [0.2, 0.25) is 0 Å². The van der Waals surface area contributed by atoms with E-state index < -0.39 is 0 Å². The molecule has 0 saturated carbocycles. The lowest BCUT2D eigenvalue weighted by atomic mass is 9.93. The molecule has 1 atom stereocenters. The van der Waals surface area contributed by atoms with Gasteiger partial charge >= 0.3 is 0 Å². The van der Waals surface area contributed by atoms with Crippen LogP contribution in [0.25, 0.3) is 0 Å². The Morgan fingerprint density at radius 3 is 1.94 bits per heavy atom. The van der Waals surface area contributed by atoms with E-state index in [2.05, 4.69) is 12.1 Å². The Balaban J connectivity index is 1.99. The Labute approximate surface area is 113 Å². The van der Waals surface area contributed by atoms with E-state index in [1.54, 1.807) is 0 Å². The summed E-state index contributed by atoms with van der Waals surface area (Å²) < 4.78 is 0. The minimum Gasteiger partial charge on any atom is -0.396 e. The molecule has 2 rings (SSSR count). The van der Waals surface area contributed by atoms with Crippen molar-refractivity contribution in [2.45, 2.75) is 12.8 Å². The fourth-order valence-corrected chi connectivity index (χ4v) is 2.23. The molecule has 1 unspecified atom stereocenters. The van der Waals surface area contributed by atoms with Crippen LogP contribution in [-0.2, 0) is 12.8 Å². The SMILES string of the molecule is OCC(Cc1ccccc1)Cc1ccc(Cl)cc1. The number of rotatable bonds is 5. The maximum absolute atomic E-state index is 9.48. The Morgan fingerprint density at radius 1 is 0.833 bits per heavy atom. The van der Waals surface area contributed by atoms with E-state index in [-0.39, 0.29) is 12.5 Å². The predicted octanol–water partition coefficient (Wildman–Crippen LogP) is 3.73. The van der Waals surface area contributed by atoms with Crippen LogP contribution >= 0.6 is 11.6 Å². The number of benzene rings is 2. The van der Waals surface area contributed by atoms with Gasteiger partial charge in [0.1, 0.15) is 0 Å². The summed E-state index contributed by atoms with van der Waals surface area (Å²) in [5.41, 5.74) is 2.49. The van der Waals surface area contributed by atoms with Crippen LogP contribution < -0.4 is 0 Å². The highest BCUT2D eigenvalue weighted by Crippen LogP contribution is 2.16.